The van der Waals surface area contributed by atoms with Crippen molar-refractivity contribution in [2.45, 2.75) is 13.3 Å². The lowest BCUT2D eigenvalue weighted by Gasteiger charge is -2.11. The maximum atomic E-state index is 12.6. The number of para-hydroxylation sites is 1. The smallest absolute Gasteiger partial charge is 0.341 e. The Morgan fingerprint density at radius 3 is 2.61 bits per heavy atom. The molecule has 3 rings (SSSR count). The monoisotopic (exact) mass is 499 g/mol. The first kappa shape index (κ1) is 22.8. The van der Waals surface area contributed by atoms with E-state index in [4.69, 9.17) is 9.47 Å². The molecule has 1 heterocycles. The maximum Gasteiger partial charge on any atom is 0.341 e. The van der Waals surface area contributed by atoms with Crippen molar-refractivity contribution in [1.82, 2.24) is 0 Å². The lowest BCUT2D eigenvalue weighted by molar-refractivity contribution is -0.118. The zero-order valence-corrected chi connectivity index (χ0v) is 19.4. The number of halogens is 1. The summed E-state index contributed by atoms with van der Waals surface area (Å²) in [5.74, 6) is -0.206. The first-order valence-electron chi connectivity index (χ1n) is 9.69. The molecule has 0 radical (unpaired) electrons. The SMILES string of the molecule is C=CCc1ccccc1OCC(=O)Nc1scc(-c2ccc(Br)cc2)c1C(=O)OCC. The third-order valence-corrected chi connectivity index (χ3v) is 5.80. The number of amides is 1. The van der Waals surface area contributed by atoms with Crippen molar-refractivity contribution < 1.29 is 19.1 Å². The molecular formula is C24H22BrNO4S. The fraction of sp³-hybridized carbons (Fsp3) is 0.167. The molecule has 1 N–H and O–H groups in total. The summed E-state index contributed by atoms with van der Waals surface area (Å²) in [6.07, 6.45) is 2.43. The highest BCUT2D eigenvalue weighted by molar-refractivity contribution is 9.10. The van der Waals surface area contributed by atoms with Gasteiger partial charge in [-0.25, -0.2) is 4.79 Å². The van der Waals surface area contributed by atoms with E-state index in [0.717, 1.165) is 15.6 Å². The minimum atomic E-state index is -0.478. The van der Waals surface area contributed by atoms with Crippen LogP contribution in [0.3, 0.4) is 0 Å². The molecular weight excluding hydrogens is 478 g/mol. The van der Waals surface area contributed by atoms with Crippen LogP contribution in [-0.4, -0.2) is 25.1 Å². The fourth-order valence-electron chi connectivity index (χ4n) is 2.97. The van der Waals surface area contributed by atoms with Crippen LogP contribution in [0.4, 0.5) is 5.00 Å². The second kappa shape index (κ2) is 10.9. The molecule has 5 nitrogen and oxygen atoms in total. The van der Waals surface area contributed by atoms with Gasteiger partial charge in [0.25, 0.3) is 5.91 Å². The van der Waals surface area contributed by atoms with Crippen molar-refractivity contribution in [3.05, 3.63) is 82.2 Å². The molecule has 0 atom stereocenters. The van der Waals surface area contributed by atoms with E-state index in [-0.39, 0.29) is 19.1 Å². The topological polar surface area (TPSA) is 64.6 Å². The lowest BCUT2D eigenvalue weighted by atomic mass is 10.0. The Hall–Kier alpha value is -2.90. The zero-order valence-electron chi connectivity index (χ0n) is 17.0. The van der Waals surface area contributed by atoms with Crippen LogP contribution in [0.2, 0.25) is 0 Å². The van der Waals surface area contributed by atoms with Gasteiger partial charge >= 0.3 is 5.97 Å². The number of nitrogens with one attached hydrogen (secondary N) is 1. The van der Waals surface area contributed by atoms with Crippen molar-refractivity contribution >= 4 is 44.1 Å². The summed E-state index contributed by atoms with van der Waals surface area (Å²) in [5.41, 5.74) is 2.86. The van der Waals surface area contributed by atoms with Crippen molar-refractivity contribution in [3.63, 3.8) is 0 Å². The Balaban J connectivity index is 1.79. The van der Waals surface area contributed by atoms with Crippen molar-refractivity contribution in [1.29, 1.82) is 0 Å². The molecule has 2 aromatic carbocycles. The van der Waals surface area contributed by atoms with Gasteiger partial charge in [0.15, 0.2) is 6.61 Å². The normalized spacial score (nSPS) is 10.4. The van der Waals surface area contributed by atoms with Crippen molar-refractivity contribution in [3.8, 4) is 16.9 Å². The van der Waals surface area contributed by atoms with Crippen LogP contribution in [0.5, 0.6) is 5.75 Å². The highest BCUT2D eigenvalue weighted by atomic mass is 79.9. The lowest BCUT2D eigenvalue weighted by Crippen LogP contribution is -2.21. The molecule has 0 saturated heterocycles. The number of ether oxygens (including phenoxy) is 2. The zero-order chi connectivity index (χ0) is 22.2. The molecule has 1 aromatic heterocycles. The Bertz CT molecular complexity index is 1080. The molecule has 0 fully saturated rings. The van der Waals surface area contributed by atoms with E-state index in [9.17, 15) is 9.59 Å². The summed E-state index contributed by atoms with van der Waals surface area (Å²) in [5, 5.41) is 5.07. The van der Waals surface area contributed by atoms with E-state index in [1.165, 1.54) is 11.3 Å². The molecule has 0 aliphatic rings. The van der Waals surface area contributed by atoms with Gasteiger partial charge in [0.05, 0.1) is 6.61 Å². The number of thiophene rings is 1. The Morgan fingerprint density at radius 2 is 1.90 bits per heavy atom. The molecule has 160 valence electrons. The molecule has 0 aliphatic heterocycles. The highest BCUT2D eigenvalue weighted by Crippen LogP contribution is 2.36. The molecule has 0 saturated carbocycles. The van der Waals surface area contributed by atoms with Gasteiger partial charge in [0, 0.05) is 15.4 Å². The van der Waals surface area contributed by atoms with Crippen LogP contribution >= 0.6 is 27.3 Å². The Morgan fingerprint density at radius 1 is 1.16 bits per heavy atom. The molecule has 0 bridgehead atoms. The number of esters is 1. The molecule has 7 heteroatoms. The number of benzene rings is 2. The average molecular weight is 500 g/mol. The van der Waals surface area contributed by atoms with E-state index in [1.807, 2.05) is 53.9 Å². The van der Waals surface area contributed by atoms with Crippen LogP contribution in [-0.2, 0) is 16.0 Å². The van der Waals surface area contributed by atoms with Crippen molar-refractivity contribution in [2.24, 2.45) is 0 Å². The standard InChI is InChI=1S/C24H22BrNO4S/c1-3-7-17-8-5-6-9-20(17)30-14-21(27)26-23-22(24(28)29-4-2)19(15-31-23)16-10-12-18(25)13-11-16/h3,5-6,8-13,15H,1,4,7,14H2,2H3,(H,26,27). The third-order valence-electron chi connectivity index (χ3n) is 4.37. The van der Waals surface area contributed by atoms with Gasteiger partial charge in [-0.2, -0.15) is 0 Å². The van der Waals surface area contributed by atoms with Gasteiger partial charge in [0.2, 0.25) is 0 Å². The number of hydrogen-bond acceptors (Lipinski definition) is 5. The van der Waals surface area contributed by atoms with Gasteiger partial charge in [-0.3, -0.25) is 4.79 Å². The summed E-state index contributed by atoms with van der Waals surface area (Å²) < 4.78 is 11.9. The first-order valence-corrected chi connectivity index (χ1v) is 11.4. The predicted octanol–water partition coefficient (Wildman–Crippen LogP) is 6.10. The molecule has 1 amide bonds. The van der Waals surface area contributed by atoms with Gasteiger partial charge < -0.3 is 14.8 Å². The molecule has 0 unspecified atom stereocenters. The highest BCUT2D eigenvalue weighted by Gasteiger charge is 2.23. The first-order chi connectivity index (χ1) is 15.0. The van der Waals surface area contributed by atoms with Crippen LogP contribution in [0.25, 0.3) is 11.1 Å². The summed E-state index contributed by atoms with van der Waals surface area (Å²) in [4.78, 5) is 25.2. The van der Waals surface area contributed by atoms with Crippen LogP contribution in [0.1, 0.15) is 22.8 Å². The number of anilines is 1. The van der Waals surface area contributed by atoms with Crippen LogP contribution < -0.4 is 10.1 Å². The van der Waals surface area contributed by atoms with E-state index < -0.39 is 5.97 Å². The molecule has 3 aromatic rings. The quantitative estimate of drug-likeness (QED) is 0.285. The number of hydrogen-bond donors (Lipinski definition) is 1. The average Bonchev–Trinajstić information content (AvgIpc) is 3.17. The Kier molecular flexibility index (Phi) is 8.03. The predicted molar refractivity (Wildman–Crippen MR) is 128 cm³/mol. The number of carbonyl (C=O) groups is 2. The second-order valence-corrected chi connectivity index (χ2v) is 8.31. The van der Waals surface area contributed by atoms with Gasteiger partial charge in [-0.05, 0) is 42.7 Å². The summed E-state index contributed by atoms with van der Waals surface area (Å²) in [7, 11) is 0. The summed E-state index contributed by atoms with van der Waals surface area (Å²) in [6, 6.07) is 15.1. The third kappa shape index (κ3) is 5.83. The van der Waals surface area contributed by atoms with Crippen molar-refractivity contribution in [2.75, 3.05) is 18.5 Å². The van der Waals surface area contributed by atoms with E-state index >= 15 is 0 Å². The van der Waals surface area contributed by atoms with E-state index in [2.05, 4.69) is 27.8 Å². The summed E-state index contributed by atoms with van der Waals surface area (Å²) in [6.45, 7) is 5.55. The second-order valence-electron chi connectivity index (χ2n) is 6.52. The van der Waals surface area contributed by atoms with Gasteiger partial charge in [0.1, 0.15) is 16.3 Å². The molecule has 0 aliphatic carbocycles. The minimum Gasteiger partial charge on any atom is -0.483 e. The Labute approximate surface area is 193 Å². The number of rotatable bonds is 9. The number of carbonyl (C=O) groups excluding carboxylic acids is 2. The largest absolute Gasteiger partial charge is 0.483 e. The summed E-state index contributed by atoms with van der Waals surface area (Å²) >= 11 is 4.69. The van der Waals surface area contributed by atoms with E-state index in [1.54, 1.807) is 13.0 Å². The van der Waals surface area contributed by atoms with Gasteiger partial charge in [-0.1, -0.05) is 52.3 Å². The minimum absolute atomic E-state index is 0.179. The van der Waals surface area contributed by atoms with Crippen LogP contribution in [0, 0.1) is 0 Å². The van der Waals surface area contributed by atoms with Gasteiger partial charge in [-0.15, -0.1) is 17.9 Å². The maximum absolute atomic E-state index is 12.6. The number of allylic oxidation sites excluding steroid dienone is 1. The molecule has 0 spiro atoms. The molecule has 31 heavy (non-hydrogen) atoms. The van der Waals surface area contributed by atoms with E-state index in [0.29, 0.717) is 28.3 Å². The van der Waals surface area contributed by atoms with Crippen LogP contribution in [0.15, 0.2) is 71.0 Å². The fourth-order valence-corrected chi connectivity index (χ4v) is 4.21.